The summed E-state index contributed by atoms with van der Waals surface area (Å²) in [5.74, 6) is 0.390. The summed E-state index contributed by atoms with van der Waals surface area (Å²) in [5, 5.41) is 8.59. The topological polar surface area (TPSA) is 40.5 Å². The third-order valence-electron chi connectivity index (χ3n) is 2.87. The second-order valence-corrected chi connectivity index (χ2v) is 5.03. The number of aliphatic carboxylic acids is 1. The number of carboxylic acid groups (broad SMARTS) is 1. The molecule has 0 aliphatic carbocycles. The maximum Gasteiger partial charge on any atom is 0.303 e. The van der Waals surface area contributed by atoms with Gasteiger partial charge in [-0.05, 0) is 30.5 Å². The fraction of sp³-hybridized carbons (Fsp3) is 0.500. The van der Waals surface area contributed by atoms with Gasteiger partial charge in [0.05, 0.1) is 0 Å². The van der Waals surface area contributed by atoms with Crippen molar-refractivity contribution >= 4 is 59.7 Å². The first-order chi connectivity index (χ1) is 9.17. The highest BCUT2D eigenvalue weighted by Crippen LogP contribution is 2.16. The van der Waals surface area contributed by atoms with Crippen molar-refractivity contribution in [2.45, 2.75) is 19.3 Å². The zero-order valence-electron chi connectivity index (χ0n) is 11.6. The minimum atomic E-state index is -0.743. The standard InChI is InChI=1S/C14H19Cl2NO2.2ClH/c15-8-10-17(11-9-16)13-6-4-12(5-7-13)2-1-3-14(18)19;;/h4-7H,1-3,8-11H2,(H,18,19);2*1H. The molecule has 21 heavy (non-hydrogen) atoms. The SMILES string of the molecule is Cl.Cl.O=C(O)CCCc1ccc(N(CCCl)CCCl)cc1. The Hall–Kier alpha value is -0.350. The lowest BCUT2D eigenvalue weighted by molar-refractivity contribution is -0.137. The highest BCUT2D eigenvalue weighted by atomic mass is 35.5. The Labute approximate surface area is 148 Å². The summed E-state index contributed by atoms with van der Waals surface area (Å²) in [4.78, 5) is 12.6. The van der Waals surface area contributed by atoms with Crippen molar-refractivity contribution in [2.24, 2.45) is 0 Å². The van der Waals surface area contributed by atoms with E-state index >= 15 is 0 Å². The summed E-state index contributed by atoms with van der Waals surface area (Å²) >= 11 is 11.5. The van der Waals surface area contributed by atoms with E-state index < -0.39 is 5.97 Å². The number of hydrogen-bond donors (Lipinski definition) is 1. The van der Waals surface area contributed by atoms with Crippen molar-refractivity contribution in [3.63, 3.8) is 0 Å². The van der Waals surface area contributed by atoms with E-state index in [9.17, 15) is 4.79 Å². The minimum Gasteiger partial charge on any atom is -0.481 e. The summed E-state index contributed by atoms with van der Waals surface area (Å²) in [6.45, 7) is 1.54. The van der Waals surface area contributed by atoms with Crippen LogP contribution in [0.25, 0.3) is 0 Å². The Morgan fingerprint density at radius 2 is 1.57 bits per heavy atom. The van der Waals surface area contributed by atoms with Gasteiger partial charge < -0.3 is 10.0 Å². The number of nitrogens with zero attached hydrogens (tertiary/aromatic N) is 1. The van der Waals surface area contributed by atoms with Gasteiger partial charge in [0.25, 0.3) is 0 Å². The fourth-order valence-electron chi connectivity index (χ4n) is 1.89. The molecule has 0 saturated carbocycles. The molecule has 3 nitrogen and oxygen atoms in total. The van der Waals surface area contributed by atoms with Gasteiger partial charge in [-0.1, -0.05) is 12.1 Å². The lowest BCUT2D eigenvalue weighted by Crippen LogP contribution is -2.27. The van der Waals surface area contributed by atoms with Gasteiger partial charge in [0.15, 0.2) is 0 Å². The quantitative estimate of drug-likeness (QED) is 0.656. The van der Waals surface area contributed by atoms with Crippen LogP contribution in [0.1, 0.15) is 18.4 Å². The lowest BCUT2D eigenvalue weighted by atomic mass is 10.1. The molecule has 0 fully saturated rings. The zero-order valence-corrected chi connectivity index (χ0v) is 14.8. The third kappa shape index (κ3) is 9.30. The molecule has 0 saturated heterocycles. The molecule has 0 heterocycles. The van der Waals surface area contributed by atoms with E-state index in [1.807, 2.05) is 24.3 Å². The van der Waals surface area contributed by atoms with Crippen molar-refractivity contribution in [1.82, 2.24) is 0 Å². The summed E-state index contributed by atoms with van der Waals surface area (Å²) < 4.78 is 0. The Balaban J connectivity index is 0. The number of aryl methyl sites for hydroxylation is 1. The number of carboxylic acids is 1. The zero-order chi connectivity index (χ0) is 14.1. The normalized spacial score (nSPS) is 9.43. The van der Waals surface area contributed by atoms with Crippen LogP contribution in [0.3, 0.4) is 0 Å². The van der Waals surface area contributed by atoms with E-state index in [4.69, 9.17) is 28.3 Å². The average molecular weight is 377 g/mol. The van der Waals surface area contributed by atoms with Crippen LogP contribution in [0.5, 0.6) is 0 Å². The molecule has 1 aromatic rings. The molecule has 0 amide bonds. The fourth-order valence-corrected chi connectivity index (χ4v) is 2.30. The molecule has 0 bridgehead atoms. The summed E-state index contributed by atoms with van der Waals surface area (Å²) in [6.07, 6.45) is 1.67. The molecule has 0 aromatic heterocycles. The van der Waals surface area contributed by atoms with Crippen LogP contribution in [-0.4, -0.2) is 35.9 Å². The molecule has 122 valence electrons. The highest BCUT2D eigenvalue weighted by molar-refractivity contribution is 6.18. The predicted molar refractivity (Wildman–Crippen MR) is 95.2 cm³/mol. The average Bonchev–Trinajstić information content (AvgIpc) is 2.39. The van der Waals surface area contributed by atoms with Crippen LogP contribution >= 0.6 is 48.0 Å². The molecule has 1 N–H and O–H groups in total. The molecule has 0 unspecified atom stereocenters. The summed E-state index contributed by atoms with van der Waals surface area (Å²) in [7, 11) is 0. The molecule has 7 heteroatoms. The maximum absolute atomic E-state index is 10.4. The number of rotatable bonds is 9. The van der Waals surface area contributed by atoms with Crippen molar-refractivity contribution in [1.29, 1.82) is 0 Å². The molecule has 1 rings (SSSR count). The molecular formula is C14H21Cl4NO2. The second kappa shape index (κ2) is 13.3. The van der Waals surface area contributed by atoms with E-state index in [0.29, 0.717) is 18.2 Å². The van der Waals surface area contributed by atoms with Crippen molar-refractivity contribution in [3.05, 3.63) is 29.8 Å². The Morgan fingerprint density at radius 3 is 2.00 bits per heavy atom. The van der Waals surface area contributed by atoms with Crippen LogP contribution < -0.4 is 4.90 Å². The van der Waals surface area contributed by atoms with Crippen LogP contribution in [0.4, 0.5) is 5.69 Å². The maximum atomic E-state index is 10.4. The molecule has 0 aliphatic rings. The number of benzene rings is 1. The number of halogens is 4. The Morgan fingerprint density at radius 1 is 1.05 bits per heavy atom. The third-order valence-corrected chi connectivity index (χ3v) is 3.20. The number of hydrogen-bond acceptors (Lipinski definition) is 2. The van der Waals surface area contributed by atoms with Crippen LogP contribution in [0.2, 0.25) is 0 Å². The highest BCUT2D eigenvalue weighted by Gasteiger charge is 2.05. The summed E-state index contributed by atoms with van der Waals surface area (Å²) in [6, 6.07) is 8.14. The van der Waals surface area contributed by atoms with Crippen molar-refractivity contribution in [3.8, 4) is 0 Å². The van der Waals surface area contributed by atoms with Gasteiger partial charge in [-0.2, -0.15) is 0 Å². The van der Waals surface area contributed by atoms with Gasteiger partial charge in [-0.15, -0.1) is 48.0 Å². The first-order valence-corrected chi connectivity index (χ1v) is 7.42. The van der Waals surface area contributed by atoms with Gasteiger partial charge in [-0.3, -0.25) is 4.79 Å². The van der Waals surface area contributed by atoms with Gasteiger partial charge in [0, 0.05) is 37.0 Å². The first-order valence-electron chi connectivity index (χ1n) is 6.35. The largest absolute Gasteiger partial charge is 0.481 e. The van der Waals surface area contributed by atoms with Gasteiger partial charge in [0.1, 0.15) is 0 Å². The summed E-state index contributed by atoms with van der Waals surface area (Å²) in [5.41, 5.74) is 2.25. The van der Waals surface area contributed by atoms with E-state index in [1.165, 1.54) is 0 Å². The molecular weight excluding hydrogens is 356 g/mol. The number of anilines is 1. The van der Waals surface area contributed by atoms with Crippen LogP contribution in [0.15, 0.2) is 24.3 Å². The molecule has 1 aromatic carbocycles. The first kappa shape index (κ1) is 22.9. The molecule has 0 radical (unpaired) electrons. The van der Waals surface area contributed by atoms with E-state index in [0.717, 1.165) is 30.8 Å². The van der Waals surface area contributed by atoms with Gasteiger partial charge in [0.2, 0.25) is 0 Å². The Bertz CT molecular complexity index is 381. The van der Waals surface area contributed by atoms with Gasteiger partial charge >= 0.3 is 5.97 Å². The van der Waals surface area contributed by atoms with Crippen LogP contribution in [0, 0.1) is 0 Å². The molecule has 0 aliphatic heterocycles. The van der Waals surface area contributed by atoms with Gasteiger partial charge in [-0.25, -0.2) is 0 Å². The van der Waals surface area contributed by atoms with Crippen molar-refractivity contribution in [2.75, 3.05) is 29.7 Å². The second-order valence-electron chi connectivity index (χ2n) is 4.28. The predicted octanol–water partition coefficient (Wildman–Crippen LogP) is 4.22. The molecule has 0 atom stereocenters. The van der Waals surface area contributed by atoms with E-state index in [1.54, 1.807) is 0 Å². The van der Waals surface area contributed by atoms with Crippen LogP contribution in [-0.2, 0) is 11.2 Å². The van der Waals surface area contributed by atoms with E-state index in [2.05, 4.69) is 4.90 Å². The smallest absolute Gasteiger partial charge is 0.303 e. The minimum absolute atomic E-state index is 0. The Kier molecular flexibility index (Phi) is 14.5. The van der Waals surface area contributed by atoms with E-state index in [-0.39, 0.29) is 31.2 Å². The monoisotopic (exact) mass is 375 g/mol. The number of carbonyl (C=O) groups is 1. The lowest BCUT2D eigenvalue weighted by Gasteiger charge is -2.23. The molecule has 0 spiro atoms. The van der Waals surface area contributed by atoms with Crippen molar-refractivity contribution < 1.29 is 9.90 Å². The number of alkyl halides is 2.